The van der Waals surface area contributed by atoms with E-state index in [1.165, 1.54) is 18.2 Å². The Balaban J connectivity index is 1.81. The summed E-state index contributed by atoms with van der Waals surface area (Å²) in [6, 6.07) is 12.0. The molecule has 0 saturated carbocycles. The average Bonchev–Trinajstić information content (AvgIpc) is 2.64. The first-order valence-electron chi connectivity index (χ1n) is 8.35. The quantitative estimate of drug-likeness (QED) is 0.487. The minimum Gasteiger partial charge on any atom is -0.483 e. The number of hydrogen-bond acceptors (Lipinski definition) is 4. The zero-order valence-electron chi connectivity index (χ0n) is 15.2. The van der Waals surface area contributed by atoms with Crippen LogP contribution in [0.15, 0.2) is 42.5 Å². The van der Waals surface area contributed by atoms with Crippen molar-refractivity contribution >= 4 is 52.3 Å². The third-order valence-electron chi connectivity index (χ3n) is 3.62. The van der Waals surface area contributed by atoms with Gasteiger partial charge in [0.15, 0.2) is 11.7 Å². The molecule has 0 aliphatic heterocycles. The van der Waals surface area contributed by atoms with E-state index in [4.69, 9.17) is 40.2 Å². The summed E-state index contributed by atoms with van der Waals surface area (Å²) in [5.74, 6) is -0.0870. The summed E-state index contributed by atoms with van der Waals surface area (Å²) in [6.45, 7) is 3.87. The van der Waals surface area contributed by atoms with E-state index >= 15 is 0 Å². The van der Waals surface area contributed by atoms with Crippen LogP contribution in [0.5, 0.6) is 5.75 Å². The summed E-state index contributed by atoms with van der Waals surface area (Å²) in [4.78, 5) is 24.1. The van der Waals surface area contributed by atoms with Crippen molar-refractivity contribution in [1.29, 1.82) is 0 Å². The summed E-state index contributed by atoms with van der Waals surface area (Å²) in [6.07, 6.45) is 0. The average molecular weight is 440 g/mol. The van der Waals surface area contributed by atoms with Crippen LogP contribution in [-0.2, 0) is 4.79 Å². The van der Waals surface area contributed by atoms with E-state index in [1.807, 2.05) is 32.0 Å². The number of thiocarbonyl (C=S) groups is 1. The molecule has 6 nitrogen and oxygen atoms in total. The SMILES string of the molecule is CC(C)c1ccccc1OCC(=O)NNC(=S)NC(=O)c1ccc(Cl)cc1Cl. The predicted octanol–water partition coefficient (Wildman–Crippen LogP) is 3.83. The van der Waals surface area contributed by atoms with E-state index in [0.29, 0.717) is 10.8 Å². The van der Waals surface area contributed by atoms with Crippen LogP contribution in [0.3, 0.4) is 0 Å². The lowest BCUT2D eigenvalue weighted by atomic mass is 10.0. The van der Waals surface area contributed by atoms with Gasteiger partial charge >= 0.3 is 0 Å². The van der Waals surface area contributed by atoms with Gasteiger partial charge in [-0.1, -0.05) is 55.2 Å². The number of amides is 2. The third-order valence-corrected chi connectivity index (χ3v) is 4.37. The molecule has 0 spiro atoms. The van der Waals surface area contributed by atoms with Crippen molar-refractivity contribution in [3.63, 3.8) is 0 Å². The Bertz CT molecular complexity index is 890. The van der Waals surface area contributed by atoms with Gasteiger partial charge in [-0.3, -0.25) is 25.8 Å². The lowest BCUT2D eigenvalue weighted by Gasteiger charge is -2.14. The van der Waals surface area contributed by atoms with Crippen LogP contribution < -0.4 is 20.9 Å². The normalized spacial score (nSPS) is 10.3. The first kappa shape index (κ1) is 21.9. The number of hydrogen-bond donors (Lipinski definition) is 3. The maximum Gasteiger partial charge on any atom is 0.276 e. The molecule has 3 N–H and O–H groups in total. The second kappa shape index (κ2) is 10.3. The molecule has 0 aliphatic carbocycles. The van der Waals surface area contributed by atoms with Crippen molar-refractivity contribution in [2.45, 2.75) is 19.8 Å². The maximum atomic E-state index is 12.1. The molecule has 148 valence electrons. The minimum atomic E-state index is -0.532. The van der Waals surface area contributed by atoms with Crippen LogP contribution in [0, 0.1) is 0 Å². The smallest absolute Gasteiger partial charge is 0.276 e. The molecule has 2 rings (SSSR count). The molecule has 0 radical (unpaired) electrons. The van der Waals surface area contributed by atoms with Gasteiger partial charge < -0.3 is 4.74 Å². The fraction of sp³-hybridized carbons (Fsp3) is 0.211. The summed E-state index contributed by atoms with van der Waals surface area (Å²) in [7, 11) is 0. The number of benzene rings is 2. The molecule has 0 atom stereocenters. The second-order valence-electron chi connectivity index (χ2n) is 6.06. The van der Waals surface area contributed by atoms with Gasteiger partial charge in [-0.25, -0.2) is 0 Å². The molecule has 0 aromatic heterocycles. The van der Waals surface area contributed by atoms with Gasteiger partial charge in [0.25, 0.3) is 11.8 Å². The van der Waals surface area contributed by atoms with Gasteiger partial charge in [-0.05, 0) is 48.0 Å². The van der Waals surface area contributed by atoms with E-state index in [9.17, 15) is 9.59 Å². The van der Waals surface area contributed by atoms with Gasteiger partial charge in [0.2, 0.25) is 0 Å². The van der Waals surface area contributed by atoms with Gasteiger partial charge in [0.05, 0.1) is 10.6 Å². The van der Waals surface area contributed by atoms with Crippen molar-refractivity contribution in [2.24, 2.45) is 0 Å². The van der Waals surface area contributed by atoms with E-state index in [-0.39, 0.29) is 28.2 Å². The fourth-order valence-corrected chi connectivity index (χ4v) is 2.91. The zero-order chi connectivity index (χ0) is 20.7. The van der Waals surface area contributed by atoms with Crippen LogP contribution in [-0.4, -0.2) is 23.5 Å². The third kappa shape index (κ3) is 6.37. The molecule has 2 aromatic rings. The number of rotatable bonds is 5. The number of halogens is 2. The predicted molar refractivity (Wildman–Crippen MR) is 114 cm³/mol. The number of ether oxygens (including phenoxy) is 1. The molecule has 2 amide bonds. The summed E-state index contributed by atoms with van der Waals surface area (Å²) >= 11 is 16.8. The first-order chi connectivity index (χ1) is 13.3. The molecule has 0 fully saturated rings. The topological polar surface area (TPSA) is 79.5 Å². The standard InChI is InChI=1S/C19H19Cl2N3O3S/c1-11(2)13-5-3-4-6-16(13)27-10-17(25)23-24-19(28)22-18(26)14-8-7-12(20)9-15(14)21/h3-9,11H,10H2,1-2H3,(H,23,25)(H2,22,24,26,28). The number of nitrogens with one attached hydrogen (secondary N) is 3. The molecule has 9 heteroatoms. The molecular formula is C19H19Cl2N3O3S. The monoisotopic (exact) mass is 439 g/mol. The van der Waals surface area contributed by atoms with Crippen LogP contribution in [0.25, 0.3) is 0 Å². The number of carbonyl (C=O) groups is 2. The Morgan fingerprint density at radius 3 is 2.50 bits per heavy atom. The van der Waals surface area contributed by atoms with Crippen molar-refractivity contribution < 1.29 is 14.3 Å². The number of para-hydroxylation sites is 1. The maximum absolute atomic E-state index is 12.1. The molecule has 0 bridgehead atoms. The van der Waals surface area contributed by atoms with Crippen LogP contribution in [0.4, 0.5) is 0 Å². The number of carbonyl (C=O) groups excluding carboxylic acids is 2. The molecular weight excluding hydrogens is 421 g/mol. The first-order valence-corrected chi connectivity index (χ1v) is 9.51. The Hall–Kier alpha value is -2.35. The molecule has 0 aliphatic rings. The van der Waals surface area contributed by atoms with Gasteiger partial charge in [-0.15, -0.1) is 0 Å². The van der Waals surface area contributed by atoms with E-state index in [0.717, 1.165) is 5.56 Å². The van der Waals surface area contributed by atoms with E-state index < -0.39 is 11.8 Å². The lowest BCUT2D eigenvalue weighted by Crippen LogP contribution is -2.49. The summed E-state index contributed by atoms with van der Waals surface area (Å²) in [5.41, 5.74) is 6.01. The van der Waals surface area contributed by atoms with E-state index in [1.54, 1.807) is 6.07 Å². The van der Waals surface area contributed by atoms with Crippen molar-refractivity contribution in [1.82, 2.24) is 16.2 Å². The molecule has 0 heterocycles. The Morgan fingerprint density at radius 1 is 1.11 bits per heavy atom. The number of hydrazine groups is 1. The largest absolute Gasteiger partial charge is 0.483 e. The highest BCUT2D eigenvalue weighted by atomic mass is 35.5. The molecule has 0 saturated heterocycles. The Labute approximate surface area is 178 Å². The van der Waals surface area contributed by atoms with Crippen molar-refractivity contribution in [2.75, 3.05) is 6.61 Å². The van der Waals surface area contributed by atoms with Crippen molar-refractivity contribution in [3.05, 3.63) is 63.6 Å². The fourth-order valence-electron chi connectivity index (χ4n) is 2.27. The van der Waals surface area contributed by atoms with Crippen molar-refractivity contribution in [3.8, 4) is 5.75 Å². The lowest BCUT2D eigenvalue weighted by molar-refractivity contribution is -0.123. The summed E-state index contributed by atoms with van der Waals surface area (Å²) in [5, 5.41) is 2.92. The second-order valence-corrected chi connectivity index (χ2v) is 7.31. The highest BCUT2D eigenvalue weighted by Gasteiger charge is 2.13. The van der Waals surface area contributed by atoms with E-state index in [2.05, 4.69) is 16.2 Å². The molecule has 28 heavy (non-hydrogen) atoms. The highest BCUT2D eigenvalue weighted by molar-refractivity contribution is 7.80. The molecule has 0 unspecified atom stereocenters. The van der Waals surface area contributed by atoms with Crippen LogP contribution >= 0.6 is 35.4 Å². The zero-order valence-corrected chi connectivity index (χ0v) is 17.5. The molecule has 2 aromatic carbocycles. The van der Waals surface area contributed by atoms with Gasteiger partial charge in [0, 0.05) is 5.02 Å². The van der Waals surface area contributed by atoms with Crippen LogP contribution in [0.2, 0.25) is 10.0 Å². The summed E-state index contributed by atoms with van der Waals surface area (Å²) < 4.78 is 5.56. The Morgan fingerprint density at radius 2 is 1.82 bits per heavy atom. The van der Waals surface area contributed by atoms with Crippen LogP contribution in [0.1, 0.15) is 35.7 Å². The van der Waals surface area contributed by atoms with Gasteiger partial charge in [0.1, 0.15) is 5.75 Å². The Kier molecular flexibility index (Phi) is 8.04. The van der Waals surface area contributed by atoms with Gasteiger partial charge in [-0.2, -0.15) is 0 Å². The highest BCUT2D eigenvalue weighted by Crippen LogP contribution is 2.25. The minimum absolute atomic E-state index is 0.0908.